The number of nitrogens with two attached hydrogens (primary N) is 1. The predicted octanol–water partition coefficient (Wildman–Crippen LogP) is 4.35. The van der Waals surface area contributed by atoms with Gasteiger partial charge in [0, 0.05) is 33.3 Å². The van der Waals surface area contributed by atoms with Crippen LogP contribution in [-0.4, -0.2) is 14.2 Å². The first-order valence-corrected chi connectivity index (χ1v) is 11.0. The second kappa shape index (κ2) is 7.75. The van der Waals surface area contributed by atoms with Crippen molar-refractivity contribution in [3.05, 3.63) is 84.6 Å². The molecule has 0 bridgehead atoms. The second-order valence-corrected chi connectivity index (χ2v) is 8.99. The average Bonchev–Trinajstić information content (AvgIpc) is 2.71. The SMILES string of the molecule is NS(=O)(=O)c1ccc(N/C=C\C(=O)c2ccc3c(c2)Nc2ccccc2S3)cc1. The Balaban J connectivity index is 1.44. The molecule has 1 aliphatic heterocycles. The molecular weight excluding hydrogens is 406 g/mol. The normalized spacial score (nSPS) is 12.7. The van der Waals surface area contributed by atoms with Crippen LogP contribution in [0, 0.1) is 0 Å². The smallest absolute Gasteiger partial charge is 0.238 e. The minimum absolute atomic E-state index is 0.0316. The molecule has 0 fully saturated rings. The van der Waals surface area contributed by atoms with Crippen LogP contribution in [0.4, 0.5) is 17.1 Å². The zero-order valence-corrected chi connectivity index (χ0v) is 16.8. The third-order valence-electron chi connectivity index (χ3n) is 4.31. The molecule has 0 spiro atoms. The lowest BCUT2D eigenvalue weighted by Gasteiger charge is -2.20. The molecule has 0 aromatic heterocycles. The number of anilines is 3. The maximum atomic E-state index is 12.5. The summed E-state index contributed by atoms with van der Waals surface area (Å²) in [5.74, 6) is -0.146. The summed E-state index contributed by atoms with van der Waals surface area (Å²) in [5, 5.41) is 11.4. The van der Waals surface area contributed by atoms with Crippen molar-refractivity contribution in [3.8, 4) is 0 Å². The number of ketones is 1. The molecule has 0 amide bonds. The maximum Gasteiger partial charge on any atom is 0.238 e. The number of carbonyl (C=O) groups excluding carboxylic acids is 1. The fourth-order valence-corrected chi connectivity index (χ4v) is 4.33. The molecule has 0 atom stereocenters. The fourth-order valence-electron chi connectivity index (χ4n) is 2.84. The van der Waals surface area contributed by atoms with Crippen LogP contribution in [0.25, 0.3) is 0 Å². The van der Waals surface area contributed by atoms with Gasteiger partial charge in [-0.1, -0.05) is 23.9 Å². The predicted molar refractivity (Wildman–Crippen MR) is 115 cm³/mol. The van der Waals surface area contributed by atoms with Crippen molar-refractivity contribution in [2.75, 3.05) is 10.6 Å². The molecule has 146 valence electrons. The number of sulfonamides is 1. The summed E-state index contributed by atoms with van der Waals surface area (Å²) in [6.07, 6.45) is 2.95. The van der Waals surface area contributed by atoms with Crippen LogP contribution >= 0.6 is 11.8 Å². The number of carbonyl (C=O) groups is 1. The minimum Gasteiger partial charge on any atom is -0.362 e. The van der Waals surface area contributed by atoms with Crippen LogP contribution in [0.15, 0.2) is 93.7 Å². The van der Waals surface area contributed by atoms with E-state index in [0.29, 0.717) is 11.3 Å². The zero-order chi connectivity index (χ0) is 20.4. The fraction of sp³-hybridized carbons (Fsp3) is 0. The van der Waals surface area contributed by atoms with Crippen molar-refractivity contribution in [2.45, 2.75) is 14.7 Å². The molecule has 0 saturated heterocycles. The average molecular weight is 424 g/mol. The Hall–Kier alpha value is -3.07. The lowest BCUT2D eigenvalue weighted by atomic mass is 10.1. The third kappa shape index (κ3) is 4.34. The number of benzene rings is 3. The molecule has 4 N–H and O–H groups in total. The highest BCUT2D eigenvalue weighted by Crippen LogP contribution is 2.44. The molecule has 3 aromatic carbocycles. The molecule has 29 heavy (non-hydrogen) atoms. The maximum absolute atomic E-state index is 12.5. The molecule has 0 aliphatic carbocycles. The van der Waals surface area contributed by atoms with Crippen molar-refractivity contribution in [3.63, 3.8) is 0 Å². The molecule has 0 unspecified atom stereocenters. The number of para-hydroxylation sites is 1. The quantitative estimate of drug-likeness (QED) is 0.326. The van der Waals surface area contributed by atoms with Crippen LogP contribution in [0.3, 0.4) is 0 Å². The summed E-state index contributed by atoms with van der Waals surface area (Å²) in [6.45, 7) is 0. The van der Waals surface area contributed by atoms with Gasteiger partial charge in [-0.15, -0.1) is 0 Å². The summed E-state index contributed by atoms with van der Waals surface area (Å²) < 4.78 is 22.5. The number of hydrogen-bond donors (Lipinski definition) is 3. The van der Waals surface area contributed by atoms with Crippen molar-refractivity contribution >= 4 is 44.6 Å². The van der Waals surface area contributed by atoms with Crippen LogP contribution in [0.5, 0.6) is 0 Å². The molecule has 6 nitrogen and oxygen atoms in total. The van der Waals surface area contributed by atoms with Gasteiger partial charge in [-0.2, -0.15) is 0 Å². The van der Waals surface area contributed by atoms with E-state index in [1.807, 2.05) is 30.3 Å². The first-order valence-electron chi connectivity index (χ1n) is 8.68. The van der Waals surface area contributed by atoms with Gasteiger partial charge >= 0.3 is 0 Å². The van der Waals surface area contributed by atoms with Gasteiger partial charge in [0.1, 0.15) is 0 Å². The lowest BCUT2D eigenvalue weighted by Crippen LogP contribution is -2.11. The second-order valence-electron chi connectivity index (χ2n) is 6.35. The van der Waals surface area contributed by atoms with E-state index in [4.69, 9.17) is 5.14 Å². The van der Waals surface area contributed by atoms with Crippen molar-refractivity contribution < 1.29 is 13.2 Å². The molecule has 4 rings (SSSR count). The van der Waals surface area contributed by atoms with Gasteiger partial charge in [0.15, 0.2) is 5.78 Å². The molecule has 1 aliphatic rings. The van der Waals surface area contributed by atoms with Crippen LogP contribution in [0.1, 0.15) is 10.4 Å². The molecule has 0 saturated carbocycles. The summed E-state index contributed by atoms with van der Waals surface area (Å²) in [4.78, 5) is 14.7. The van der Waals surface area contributed by atoms with Gasteiger partial charge in [-0.25, -0.2) is 13.6 Å². The molecule has 3 aromatic rings. The number of nitrogens with one attached hydrogen (secondary N) is 2. The van der Waals surface area contributed by atoms with Crippen molar-refractivity contribution in [1.29, 1.82) is 0 Å². The van der Waals surface area contributed by atoms with E-state index in [9.17, 15) is 13.2 Å². The van der Waals surface area contributed by atoms with Gasteiger partial charge in [0.2, 0.25) is 10.0 Å². The van der Waals surface area contributed by atoms with Crippen molar-refractivity contribution in [1.82, 2.24) is 0 Å². The topological polar surface area (TPSA) is 101 Å². The van der Waals surface area contributed by atoms with E-state index in [1.165, 1.54) is 24.4 Å². The number of allylic oxidation sites excluding steroid dienone is 1. The van der Waals surface area contributed by atoms with E-state index in [0.717, 1.165) is 21.2 Å². The Morgan fingerprint density at radius 2 is 1.69 bits per heavy atom. The van der Waals surface area contributed by atoms with Gasteiger partial charge in [0.25, 0.3) is 0 Å². The van der Waals surface area contributed by atoms with Crippen LogP contribution in [0.2, 0.25) is 0 Å². The van der Waals surface area contributed by atoms with Gasteiger partial charge in [-0.3, -0.25) is 4.79 Å². The Morgan fingerprint density at radius 1 is 0.966 bits per heavy atom. The van der Waals surface area contributed by atoms with Gasteiger partial charge in [-0.05, 0) is 54.6 Å². The largest absolute Gasteiger partial charge is 0.362 e. The van der Waals surface area contributed by atoms with E-state index in [-0.39, 0.29) is 10.7 Å². The van der Waals surface area contributed by atoms with E-state index >= 15 is 0 Å². The molecule has 8 heteroatoms. The standard InChI is InChI=1S/C21H17N3O3S2/c22-29(26,27)16-8-6-15(7-9-16)23-12-11-19(25)14-5-10-21-18(13-14)24-17-3-1-2-4-20(17)28-21/h1-13,23-24H,(H2,22,26,27)/b12-11-. The number of primary sulfonamides is 1. The third-order valence-corrected chi connectivity index (χ3v) is 6.39. The summed E-state index contributed by atoms with van der Waals surface area (Å²) in [6, 6.07) is 19.6. The molecule has 0 radical (unpaired) electrons. The summed E-state index contributed by atoms with van der Waals surface area (Å²) in [5.41, 5.74) is 3.13. The van der Waals surface area contributed by atoms with E-state index in [2.05, 4.69) is 16.7 Å². The summed E-state index contributed by atoms with van der Waals surface area (Å²) >= 11 is 1.66. The van der Waals surface area contributed by atoms with E-state index < -0.39 is 10.0 Å². The highest BCUT2D eigenvalue weighted by atomic mass is 32.2. The molecule has 1 heterocycles. The van der Waals surface area contributed by atoms with Gasteiger partial charge < -0.3 is 10.6 Å². The number of hydrogen-bond acceptors (Lipinski definition) is 6. The summed E-state index contributed by atoms with van der Waals surface area (Å²) in [7, 11) is -3.72. The highest BCUT2D eigenvalue weighted by molar-refractivity contribution is 7.99. The lowest BCUT2D eigenvalue weighted by molar-refractivity contribution is 0.104. The molecular formula is C21H17N3O3S2. The van der Waals surface area contributed by atoms with Crippen LogP contribution in [-0.2, 0) is 10.0 Å². The van der Waals surface area contributed by atoms with Crippen molar-refractivity contribution in [2.24, 2.45) is 5.14 Å². The van der Waals surface area contributed by atoms with Gasteiger partial charge in [0.05, 0.1) is 16.3 Å². The monoisotopic (exact) mass is 423 g/mol. The Morgan fingerprint density at radius 3 is 2.45 bits per heavy atom. The Labute approximate surface area is 172 Å². The first-order chi connectivity index (χ1) is 13.9. The Bertz CT molecular complexity index is 1220. The zero-order valence-electron chi connectivity index (χ0n) is 15.1. The Kier molecular flexibility index (Phi) is 5.14. The van der Waals surface area contributed by atoms with Crippen LogP contribution < -0.4 is 15.8 Å². The van der Waals surface area contributed by atoms with E-state index in [1.54, 1.807) is 30.0 Å². The highest BCUT2D eigenvalue weighted by Gasteiger charge is 2.16. The number of rotatable bonds is 5. The number of fused-ring (bicyclic) bond motifs is 2. The minimum atomic E-state index is -3.72. The first kappa shape index (κ1) is 19.3.